The van der Waals surface area contributed by atoms with Gasteiger partial charge in [-0.25, -0.2) is 0 Å². The van der Waals surface area contributed by atoms with Crippen molar-refractivity contribution in [3.8, 4) is 0 Å². The third-order valence-corrected chi connectivity index (χ3v) is 2.91. The third kappa shape index (κ3) is 3.97. The van der Waals surface area contributed by atoms with Gasteiger partial charge in [-0.3, -0.25) is 4.79 Å². The Hall–Kier alpha value is -0.320. The monoisotopic (exact) mass is 236 g/mol. The van der Waals surface area contributed by atoms with Gasteiger partial charge in [0.25, 0.3) is 0 Å². The van der Waals surface area contributed by atoms with Gasteiger partial charge in [0, 0.05) is 26.8 Å². The van der Waals surface area contributed by atoms with Crippen molar-refractivity contribution in [1.29, 1.82) is 0 Å². The van der Waals surface area contributed by atoms with Gasteiger partial charge in [-0.05, 0) is 25.7 Å². The first-order chi connectivity index (χ1) is 6.66. The maximum absolute atomic E-state index is 11.7. The predicted octanol–water partition coefficient (Wildman–Crippen LogP) is 0.640. The molecule has 90 valence electrons. The molecule has 0 aromatic carbocycles. The Morgan fingerprint density at radius 1 is 1.53 bits per heavy atom. The molecule has 1 atom stereocenters. The lowest BCUT2D eigenvalue weighted by Crippen LogP contribution is -2.47. The summed E-state index contributed by atoms with van der Waals surface area (Å²) in [6.07, 6.45) is 1.81. The zero-order valence-corrected chi connectivity index (χ0v) is 10.3. The number of likely N-dealkylation sites (N-methyl/N-ethyl adjacent to an activating group) is 1. The number of nitrogens with zero attached hydrogens (tertiary/aromatic N) is 1. The number of halogens is 1. The molecule has 2 N–H and O–H groups in total. The molecule has 1 rings (SSSR count). The molecule has 0 spiro atoms. The number of hydrogen-bond acceptors (Lipinski definition) is 3. The fourth-order valence-corrected chi connectivity index (χ4v) is 1.69. The average Bonchev–Trinajstić information content (AvgIpc) is 2.27. The topological polar surface area (TPSA) is 55.6 Å². The van der Waals surface area contributed by atoms with Crippen LogP contribution in [-0.2, 0) is 9.53 Å². The van der Waals surface area contributed by atoms with E-state index < -0.39 is 0 Å². The maximum Gasteiger partial charge on any atom is 0.239 e. The lowest BCUT2D eigenvalue weighted by Gasteiger charge is -2.29. The highest BCUT2D eigenvalue weighted by Gasteiger charge is 2.27. The van der Waals surface area contributed by atoms with Crippen molar-refractivity contribution in [1.82, 2.24) is 4.90 Å². The van der Waals surface area contributed by atoms with Crippen molar-refractivity contribution < 1.29 is 9.53 Å². The highest BCUT2D eigenvalue weighted by atomic mass is 35.5. The van der Waals surface area contributed by atoms with Crippen LogP contribution in [0.4, 0.5) is 0 Å². The van der Waals surface area contributed by atoms with Crippen molar-refractivity contribution >= 4 is 18.3 Å². The summed E-state index contributed by atoms with van der Waals surface area (Å²) in [6, 6.07) is -0.344. The molecule has 0 aromatic rings. The highest BCUT2D eigenvalue weighted by Crippen LogP contribution is 2.18. The molecule has 15 heavy (non-hydrogen) atoms. The van der Waals surface area contributed by atoms with E-state index in [1.54, 1.807) is 11.9 Å². The van der Waals surface area contributed by atoms with Gasteiger partial charge in [0.05, 0.1) is 6.04 Å². The van der Waals surface area contributed by atoms with Crippen molar-refractivity contribution in [2.75, 3.05) is 26.8 Å². The zero-order valence-electron chi connectivity index (χ0n) is 9.44. The van der Waals surface area contributed by atoms with Crippen LogP contribution >= 0.6 is 12.4 Å². The Kier molecular flexibility index (Phi) is 6.89. The van der Waals surface area contributed by atoms with Crippen LogP contribution < -0.4 is 5.73 Å². The second-order valence-electron chi connectivity index (χ2n) is 3.83. The standard InChI is InChI=1S/C10H20N2O2.ClH/c1-3-12(2)10(13)9(11)8-4-6-14-7-5-8;/h8-9H,3-7,11H2,1-2H3;1H. The molecule has 1 aliphatic rings. The van der Waals surface area contributed by atoms with Crippen LogP contribution in [0, 0.1) is 5.92 Å². The van der Waals surface area contributed by atoms with E-state index in [2.05, 4.69) is 0 Å². The van der Waals surface area contributed by atoms with Gasteiger partial charge in [0.2, 0.25) is 5.91 Å². The normalized spacial score (nSPS) is 19.1. The first kappa shape index (κ1) is 14.7. The van der Waals surface area contributed by atoms with Gasteiger partial charge < -0.3 is 15.4 Å². The van der Waals surface area contributed by atoms with Gasteiger partial charge in [0.1, 0.15) is 0 Å². The molecule has 1 heterocycles. The summed E-state index contributed by atoms with van der Waals surface area (Å²) in [7, 11) is 1.79. The first-order valence-electron chi connectivity index (χ1n) is 5.25. The van der Waals surface area contributed by atoms with Gasteiger partial charge in [-0.2, -0.15) is 0 Å². The van der Waals surface area contributed by atoms with Crippen LogP contribution in [0.3, 0.4) is 0 Å². The zero-order chi connectivity index (χ0) is 10.6. The fourth-order valence-electron chi connectivity index (χ4n) is 1.69. The average molecular weight is 237 g/mol. The van der Waals surface area contributed by atoms with Gasteiger partial charge in [-0.15, -0.1) is 12.4 Å². The molecule has 0 radical (unpaired) electrons. The predicted molar refractivity (Wildman–Crippen MR) is 62.1 cm³/mol. The van der Waals surface area contributed by atoms with Crippen molar-refractivity contribution in [2.24, 2.45) is 11.7 Å². The number of ether oxygens (including phenoxy) is 1. The van der Waals surface area contributed by atoms with Crippen molar-refractivity contribution in [2.45, 2.75) is 25.8 Å². The molecular weight excluding hydrogens is 216 g/mol. The molecule has 1 aliphatic heterocycles. The molecule has 1 unspecified atom stereocenters. The summed E-state index contributed by atoms with van der Waals surface area (Å²) in [5, 5.41) is 0. The van der Waals surface area contributed by atoms with E-state index in [-0.39, 0.29) is 24.4 Å². The fraction of sp³-hybridized carbons (Fsp3) is 0.900. The highest BCUT2D eigenvalue weighted by molar-refractivity contribution is 5.85. The molecule has 1 saturated heterocycles. The van der Waals surface area contributed by atoms with Gasteiger partial charge >= 0.3 is 0 Å². The second-order valence-corrected chi connectivity index (χ2v) is 3.83. The van der Waals surface area contributed by atoms with Crippen LogP contribution in [-0.4, -0.2) is 43.7 Å². The molecule has 0 aromatic heterocycles. The summed E-state index contributed by atoms with van der Waals surface area (Å²) >= 11 is 0. The van der Waals surface area contributed by atoms with Gasteiger partial charge in [0.15, 0.2) is 0 Å². The second kappa shape index (κ2) is 7.04. The van der Waals surface area contributed by atoms with E-state index in [4.69, 9.17) is 10.5 Å². The Balaban J connectivity index is 0.00000196. The minimum Gasteiger partial charge on any atom is -0.381 e. The third-order valence-electron chi connectivity index (χ3n) is 2.91. The molecular formula is C10H21ClN2O2. The van der Waals surface area contributed by atoms with Crippen LogP contribution in [0.5, 0.6) is 0 Å². The van der Waals surface area contributed by atoms with Crippen LogP contribution in [0.2, 0.25) is 0 Å². The number of carbonyl (C=O) groups is 1. The van der Waals surface area contributed by atoms with E-state index in [1.165, 1.54) is 0 Å². The molecule has 4 nitrogen and oxygen atoms in total. The van der Waals surface area contributed by atoms with Gasteiger partial charge in [-0.1, -0.05) is 0 Å². The lowest BCUT2D eigenvalue weighted by atomic mass is 9.91. The molecule has 1 fully saturated rings. The van der Waals surface area contributed by atoms with E-state index in [0.29, 0.717) is 5.92 Å². The van der Waals surface area contributed by atoms with Crippen LogP contribution in [0.15, 0.2) is 0 Å². The smallest absolute Gasteiger partial charge is 0.239 e. The Bertz CT molecular complexity index is 196. The summed E-state index contributed by atoms with van der Waals surface area (Å²) < 4.78 is 5.24. The number of carbonyl (C=O) groups excluding carboxylic acids is 1. The van der Waals surface area contributed by atoms with E-state index in [1.807, 2.05) is 6.92 Å². The summed E-state index contributed by atoms with van der Waals surface area (Å²) in [4.78, 5) is 13.4. The quantitative estimate of drug-likeness (QED) is 0.783. The van der Waals surface area contributed by atoms with Crippen molar-refractivity contribution in [3.63, 3.8) is 0 Å². The summed E-state index contributed by atoms with van der Waals surface area (Å²) in [6.45, 7) is 4.15. The van der Waals surface area contributed by atoms with Crippen LogP contribution in [0.25, 0.3) is 0 Å². The van der Waals surface area contributed by atoms with E-state index in [0.717, 1.165) is 32.6 Å². The molecule has 5 heteroatoms. The van der Waals surface area contributed by atoms with E-state index in [9.17, 15) is 4.79 Å². The first-order valence-corrected chi connectivity index (χ1v) is 5.25. The molecule has 0 aliphatic carbocycles. The number of rotatable bonds is 3. The molecule has 0 saturated carbocycles. The van der Waals surface area contributed by atoms with E-state index >= 15 is 0 Å². The Morgan fingerprint density at radius 3 is 2.53 bits per heavy atom. The maximum atomic E-state index is 11.7. The van der Waals surface area contributed by atoms with Crippen LogP contribution in [0.1, 0.15) is 19.8 Å². The largest absolute Gasteiger partial charge is 0.381 e. The minimum absolute atomic E-state index is 0. The Morgan fingerprint density at radius 2 is 2.07 bits per heavy atom. The number of amides is 1. The minimum atomic E-state index is -0.344. The molecule has 0 bridgehead atoms. The summed E-state index contributed by atoms with van der Waals surface area (Å²) in [5.74, 6) is 0.352. The number of nitrogens with two attached hydrogens (primary N) is 1. The lowest BCUT2D eigenvalue weighted by molar-refractivity contribution is -0.133. The Labute approximate surface area is 97.5 Å². The number of hydrogen-bond donors (Lipinski definition) is 1. The molecule has 1 amide bonds. The SMILES string of the molecule is CCN(C)C(=O)C(N)C1CCOCC1.Cl. The van der Waals surface area contributed by atoms with Crippen molar-refractivity contribution in [3.05, 3.63) is 0 Å². The summed E-state index contributed by atoms with van der Waals surface area (Å²) in [5.41, 5.74) is 5.92.